The first kappa shape index (κ1) is 19.7. The zero-order chi connectivity index (χ0) is 19.6. The van der Waals surface area contributed by atoms with Crippen molar-refractivity contribution >= 4 is 23.1 Å². The largest absolute Gasteiger partial charge is 0.417 e. The Morgan fingerprint density at radius 1 is 1.30 bits per heavy atom. The maximum Gasteiger partial charge on any atom is 0.417 e. The van der Waals surface area contributed by atoms with E-state index in [0.29, 0.717) is 38.3 Å². The monoisotopic (exact) mass is 397 g/mol. The van der Waals surface area contributed by atoms with Crippen LogP contribution in [-0.2, 0) is 17.5 Å². The lowest BCUT2D eigenvalue weighted by Gasteiger charge is -2.34. The van der Waals surface area contributed by atoms with Crippen LogP contribution in [0.15, 0.2) is 29.8 Å². The van der Waals surface area contributed by atoms with Gasteiger partial charge < -0.3 is 9.80 Å². The number of carbonyl (C=O) groups excluding carboxylic acids is 1. The van der Waals surface area contributed by atoms with E-state index in [1.165, 1.54) is 16.5 Å². The van der Waals surface area contributed by atoms with Crippen molar-refractivity contribution < 1.29 is 18.0 Å². The zero-order valence-electron chi connectivity index (χ0n) is 15.3. The summed E-state index contributed by atoms with van der Waals surface area (Å²) in [5.41, 5.74) is 0.449. The van der Waals surface area contributed by atoms with E-state index in [1.807, 2.05) is 30.3 Å². The van der Waals surface area contributed by atoms with Gasteiger partial charge in [-0.25, -0.2) is 4.98 Å². The Kier molecular flexibility index (Phi) is 5.74. The predicted molar refractivity (Wildman–Crippen MR) is 99.7 cm³/mol. The van der Waals surface area contributed by atoms with E-state index in [4.69, 9.17) is 0 Å². The first-order valence-corrected chi connectivity index (χ1v) is 9.70. The molecule has 1 amide bonds. The highest BCUT2D eigenvalue weighted by atomic mass is 32.1. The second-order valence-electron chi connectivity index (χ2n) is 6.89. The molecular formula is C19H22F3N3OS. The van der Waals surface area contributed by atoms with Crippen LogP contribution in [0.4, 0.5) is 19.0 Å². The van der Waals surface area contributed by atoms with Crippen molar-refractivity contribution in [2.45, 2.75) is 32.5 Å². The number of anilines is 1. The number of nitrogens with zero attached hydrogens (tertiary/aromatic N) is 3. The van der Waals surface area contributed by atoms with Crippen LogP contribution in [0.5, 0.6) is 0 Å². The molecule has 1 aliphatic rings. The minimum atomic E-state index is -4.38. The standard InChI is InChI=1S/C19H22F3N3OS/c1-13-7-10-27-16(13)12-24(2)18(26)14-5-8-25(9-6-14)17-4-3-15(11-23-17)19(20,21)22/h3-4,7,10-11,14H,5-6,8-9,12H2,1-2H3. The fraction of sp³-hybridized carbons (Fsp3) is 0.474. The highest BCUT2D eigenvalue weighted by Crippen LogP contribution is 2.30. The van der Waals surface area contributed by atoms with Gasteiger partial charge in [0.25, 0.3) is 0 Å². The maximum absolute atomic E-state index is 12.7. The number of hydrogen-bond acceptors (Lipinski definition) is 4. The van der Waals surface area contributed by atoms with E-state index >= 15 is 0 Å². The lowest BCUT2D eigenvalue weighted by atomic mass is 9.95. The zero-order valence-corrected chi connectivity index (χ0v) is 16.1. The molecule has 1 saturated heterocycles. The fourth-order valence-corrected chi connectivity index (χ4v) is 4.23. The highest BCUT2D eigenvalue weighted by Gasteiger charge is 2.32. The van der Waals surface area contributed by atoms with Crippen LogP contribution in [0.3, 0.4) is 0 Å². The second-order valence-corrected chi connectivity index (χ2v) is 7.89. The van der Waals surface area contributed by atoms with Crippen LogP contribution in [0.1, 0.15) is 28.8 Å². The molecule has 2 aromatic heterocycles. The molecule has 0 aliphatic carbocycles. The van der Waals surface area contributed by atoms with E-state index in [9.17, 15) is 18.0 Å². The number of halogens is 3. The van der Waals surface area contributed by atoms with Crippen LogP contribution >= 0.6 is 11.3 Å². The Morgan fingerprint density at radius 3 is 2.52 bits per heavy atom. The molecule has 2 aromatic rings. The Labute approximate surface area is 160 Å². The fourth-order valence-electron chi connectivity index (χ4n) is 3.27. The summed E-state index contributed by atoms with van der Waals surface area (Å²) >= 11 is 1.65. The molecule has 0 aromatic carbocycles. The highest BCUT2D eigenvalue weighted by molar-refractivity contribution is 7.10. The molecule has 3 heterocycles. The summed E-state index contributed by atoms with van der Waals surface area (Å²) in [6, 6.07) is 4.50. The van der Waals surface area contributed by atoms with Crippen LogP contribution in [0, 0.1) is 12.8 Å². The molecule has 3 rings (SSSR count). The summed E-state index contributed by atoms with van der Waals surface area (Å²) in [7, 11) is 1.82. The summed E-state index contributed by atoms with van der Waals surface area (Å²) in [4.78, 5) is 21.6. The molecule has 146 valence electrons. The van der Waals surface area contributed by atoms with Gasteiger partial charge in [-0.3, -0.25) is 4.79 Å². The number of carbonyl (C=O) groups is 1. The molecule has 27 heavy (non-hydrogen) atoms. The van der Waals surface area contributed by atoms with Crippen molar-refractivity contribution in [3.63, 3.8) is 0 Å². The summed E-state index contributed by atoms with van der Waals surface area (Å²) in [5, 5.41) is 2.03. The SMILES string of the molecule is Cc1ccsc1CN(C)C(=O)C1CCN(c2ccc(C(F)(F)F)cn2)CC1. The van der Waals surface area contributed by atoms with Gasteiger partial charge in [0.1, 0.15) is 5.82 Å². The normalized spacial score (nSPS) is 15.8. The molecule has 1 aliphatic heterocycles. The number of rotatable bonds is 4. The van der Waals surface area contributed by atoms with Gasteiger partial charge in [0.2, 0.25) is 5.91 Å². The van der Waals surface area contributed by atoms with Crippen LogP contribution in [0.2, 0.25) is 0 Å². The number of aryl methyl sites for hydroxylation is 1. The van der Waals surface area contributed by atoms with Crippen LogP contribution in [-0.4, -0.2) is 35.9 Å². The summed E-state index contributed by atoms with van der Waals surface area (Å²) < 4.78 is 37.9. The van der Waals surface area contributed by atoms with Crippen molar-refractivity contribution in [3.8, 4) is 0 Å². The molecule has 0 bridgehead atoms. The van der Waals surface area contributed by atoms with Crippen LogP contribution < -0.4 is 4.90 Å². The van der Waals surface area contributed by atoms with Crippen molar-refractivity contribution in [1.29, 1.82) is 0 Å². The average Bonchev–Trinajstić information content (AvgIpc) is 3.05. The summed E-state index contributed by atoms with van der Waals surface area (Å²) in [6.45, 7) is 3.88. The Morgan fingerprint density at radius 2 is 2.00 bits per heavy atom. The maximum atomic E-state index is 12.7. The molecule has 0 spiro atoms. The number of amides is 1. The van der Waals surface area contributed by atoms with Crippen LogP contribution in [0.25, 0.3) is 0 Å². The molecule has 0 saturated carbocycles. The second kappa shape index (κ2) is 7.88. The summed E-state index contributed by atoms with van der Waals surface area (Å²) in [5.74, 6) is 0.597. The topological polar surface area (TPSA) is 36.4 Å². The van der Waals surface area contributed by atoms with Gasteiger partial charge in [0.05, 0.1) is 12.1 Å². The van der Waals surface area contributed by atoms with Gasteiger partial charge in [-0.2, -0.15) is 13.2 Å². The Hall–Kier alpha value is -2.09. The van der Waals surface area contributed by atoms with Crippen molar-refractivity contribution in [2.75, 3.05) is 25.0 Å². The Bertz CT molecular complexity index is 780. The third kappa shape index (κ3) is 4.61. The minimum Gasteiger partial charge on any atom is -0.357 e. The lowest BCUT2D eigenvalue weighted by molar-refractivity contribution is -0.138. The number of pyridine rings is 1. The first-order valence-electron chi connectivity index (χ1n) is 8.82. The number of hydrogen-bond donors (Lipinski definition) is 0. The van der Waals surface area contributed by atoms with Gasteiger partial charge in [-0.15, -0.1) is 11.3 Å². The summed E-state index contributed by atoms with van der Waals surface area (Å²) in [6.07, 6.45) is -2.16. The number of alkyl halides is 3. The third-order valence-electron chi connectivity index (χ3n) is 4.97. The van der Waals surface area contributed by atoms with E-state index in [1.54, 1.807) is 16.2 Å². The Balaban J connectivity index is 1.55. The van der Waals surface area contributed by atoms with Gasteiger partial charge in [-0.05, 0) is 48.9 Å². The van der Waals surface area contributed by atoms with E-state index in [-0.39, 0.29) is 11.8 Å². The lowest BCUT2D eigenvalue weighted by Crippen LogP contribution is -2.41. The van der Waals surface area contributed by atoms with Crippen molar-refractivity contribution in [1.82, 2.24) is 9.88 Å². The molecular weight excluding hydrogens is 375 g/mol. The minimum absolute atomic E-state index is 0.0547. The molecule has 0 unspecified atom stereocenters. The van der Waals surface area contributed by atoms with Gasteiger partial charge >= 0.3 is 6.18 Å². The quantitative estimate of drug-likeness (QED) is 0.770. The third-order valence-corrected chi connectivity index (χ3v) is 5.98. The van der Waals surface area contributed by atoms with Crippen molar-refractivity contribution in [3.05, 3.63) is 45.8 Å². The molecule has 0 N–H and O–H groups in total. The van der Waals surface area contributed by atoms with Gasteiger partial charge in [0, 0.05) is 37.1 Å². The van der Waals surface area contributed by atoms with E-state index in [0.717, 1.165) is 12.3 Å². The molecule has 4 nitrogen and oxygen atoms in total. The average molecular weight is 397 g/mol. The van der Waals surface area contributed by atoms with E-state index < -0.39 is 11.7 Å². The predicted octanol–water partition coefficient (Wildman–Crippen LogP) is 4.35. The molecule has 0 radical (unpaired) electrons. The van der Waals surface area contributed by atoms with Crippen molar-refractivity contribution in [2.24, 2.45) is 5.92 Å². The number of aromatic nitrogens is 1. The molecule has 1 fully saturated rings. The smallest absolute Gasteiger partial charge is 0.357 e. The first-order chi connectivity index (χ1) is 12.8. The van der Waals surface area contributed by atoms with E-state index in [2.05, 4.69) is 4.98 Å². The molecule has 0 atom stereocenters. The van der Waals surface area contributed by atoms with Gasteiger partial charge in [0.15, 0.2) is 0 Å². The number of thiophene rings is 1. The number of piperidine rings is 1. The van der Waals surface area contributed by atoms with Gasteiger partial charge in [-0.1, -0.05) is 0 Å². The molecule has 8 heteroatoms.